The molecule has 0 saturated heterocycles. The quantitative estimate of drug-likeness (QED) is 0.767. The fourth-order valence-electron chi connectivity index (χ4n) is 4.00. The highest BCUT2D eigenvalue weighted by Gasteiger charge is 2.35. The van der Waals surface area contributed by atoms with Crippen molar-refractivity contribution in [1.29, 1.82) is 5.26 Å². The molecule has 2 aromatic rings. The Balaban J connectivity index is 1.70. The number of hydrogen-bond acceptors (Lipinski definition) is 4. The molecule has 6 nitrogen and oxygen atoms in total. The molecule has 1 fully saturated rings. The molecule has 0 radical (unpaired) electrons. The number of nitrogens with two attached hydrogens (primary N) is 1. The Morgan fingerprint density at radius 2 is 1.77 bits per heavy atom. The van der Waals surface area contributed by atoms with E-state index < -0.39 is 11.5 Å². The minimum atomic E-state index is -0.804. The zero-order valence-electron chi connectivity index (χ0n) is 17.7. The predicted molar refractivity (Wildman–Crippen MR) is 118 cm³/mol. The number of carbonyl (C=O) groups excluding carboxylic acids is 1. The van der Waals surface area contributed by atoms with Crippen LogP contribution in [0.1, 0.15) is 63.5 Å². The maximum absolute atomic E-state index is 12.6. The third kappa shape index (κ3) is 4.80. The van der Waals surface area contributed by atoms with Crippen molar-refractivity contribution in [3.63, 3.8) is 0 Å². The van der Waals surface area contributed by atoms with Gasteiger partial charge in [0, 0.05) is 24.8 Å². The molecular weight excluding hydrogens is 376 g/mol. The summed E-state index contributed by atoms with van der Waals surface area (Å²) in [6.45, 7) is 4.18. The van der Waals surface area contributed by atoms with Gasteiger partial charge in [-0.3, -0.25) is 9.59 Å². The van der Waals surface area contributed by atoms with Crippen LogP contribution in [-0.4, -0.2) is 22.6 Å². The van der Waals surface area contributed by atoms with E-state index in [4.69, 9.17) is 5.73 Å². The Labute approximate surface area is 177 Å². The summed E-state index contributed by atoms with van der Waals surface area (Å²) < 4.78 is 1.70. The van der Waals surface area contributed by atoms with Crippen molar-refractivity contribution < 1.29 is 4.79 Å². The van der Waals surface area contributed by atoms with Gasteiger partial charge in [-0.25, -0.2) is 0 Å². The molecular formula is C24H30N4O2. The lowest BCUT2D eigenvalue weighted by Gasteiger charge is -2.32. The molecule has 0 spiro atoms. The first kappa shape index (κ1) is 21.8. The van der Waals surface area contributed by atoms with E-state index in [2.05, 4.69) is 11.4 Å². The molecule has 3 rings (SSSR count). The highest BCUT2D eigenvalue weighted by molar-refractivity contribution is 5.86. The van der Waals surface area contributed by atoms with Crippen molar-refractivity contribution in [3.8, 4) is 17.2 Å². The van der Waals surface area contributed by atoms with E-state index in [1.165, 1.54) is 0 Å². The zero-order valence-corrected chi connectivity index (χ0v) is 17.7. The number of carbonyl (C=O) groups is 1. The number of pyridine rings is 1. The Bertz CT molecular complexity index is 980. The summed E-state index contributed by atoms with van der Waals surface area (Å²) in [7, 11) is 0. The topological polar surface area (TPSA) is 101 Å². The summed E-state index contributed by atoms with van der Waals surface area (Å²) in [6, 6.07) is 13.4. The molecule has 0 bridgehead atoms. The molecule has 3 N–H and O–H groups in total. The van der Waals surface area contributed by atoms with Crippen molar-refractivity contribution in [2.75, 3.05) is 6.54 Å². The standard InChI is InChI=1S/C24H30N4O2/c1-17(2)28-16-20(10-11-22(28)29)18-6-8-19(9-7-18)21(14-25)15-27-23(30)24(26)12-4-3-5-13-24/h6-11,16-17,21H,3-5,12-13,15,26H2,1-2H3,(H,27,30). The monoisotopic (exact) mass is 406 g/mol. The minimum Gasteiger partial charge on any atom is -0.353 e. The van der Waals surface area contributed by atoms with Crippen molar-refractivity contribution in [2.45, 2.75) is 63.5 Å². The van der Waals surface area contributed by atoms with Crippen LogP contribution in [0.3, 0.4) is 0 Å². The smallest absolute Gasteiger partial charge is 0.250 e. The molecule has 1 aliphatic carbocycles. The molecule has 1 atom stereocenters. The highest BCUT2D eigenvalue weighted by atomic mass is 16.2. The van der Waals surface area contributed by atoms with Crippen LogP contribution in [0, 0.1) is 11.3 Å². The van der Waals surface area contributed by atoms with Gasteiger partial charge in [-0.15, -0.1) is 0 Å². The molecule has 1 aromatic carbocycles. The second-order valence-electron chi connectivity index (χ2n) is 8.49. The van der Waals surface area contributed by atoms with Gasteiger partial charge in [-0.1, -0.05) is 43.5 Å². The maximum Gasteiger partial charge on any atom is 0.250 e. The third-order valence-electron chi connectivity index (χ3n) is 5.96. The van der Waals surface area contributed by atoms with Crippen LogP contribution in [0.15, 0.2) is 47.4 Å². The molecule has 1 unspecified atom stereocenters. The number of amides is 1. The van der Waals surface area contributed by atoms with Gasteiger partial charge in [0.05, 0.1) is 17.5 Å². The van der Waals surface area contributed by atoms with Gasteiger partial charge in [-0.2, -0.15) is 5.26 Å². The molecule has 1 saturated carbocycles. The van der Waals surface area contributed by atoms with E-state index >= 15 is 0 Å². The number of nitrogens with one attached hydrogen (secondary N) is 1. The van der Waals surface area contributed by atoms with Crippen LogP contribution in [0.2, 0.25) is 0 Å². The third-order valence-corrected chi connectivity index (χ3v) is 5.96. The first-order valence-corrected chi connectivity index (χ1v) is 10.6. The van der Waals surface area contributed by atoms with E-state index in [0.29, 0.717) is 12.8 Å². The van der Waals surface area contributed by atoms with E-state index in [9.17, 15) is 14.9 Å². The summed E-state index contributed by atoms with van der Waals surface area (Å²) in [5, 5.41) is 12.5. The molecule has 0 aliphatic heterocycles. The number of nitrogens with zero attached hydrogens (tertiary/aromatic N) is 2. The minimum absolute atomic E-state index is 0.0266. The number of benzene rings is 1. The number of hydrogen-bond donors (Lipinski definition) is 2. The van der Waals surface area contributed by atoms with Crippen LogP contribution >= 0.6 is 0 Å². The van der Waals surface area contributed by atoms with Gasteiger partial charge in [0.25, 0.3) is 5.56 Å². The van der Waals surface area contributed by atoms with Crippen molar-refractivity contribution in [2.24, 2.45) is 5.73 Å². The lowest BCUT2D eigenvalue weighted by Crippen LogP contribution is -2.55. The van der Waals surface area contributed by atoms with Crippen LogP contribution < -0.4 is 16.6 Å². The van der Waals surface area contributed by atoms with Gasteiger partial charge in [0.2, 0.25) is 5.91 Å². The van der Waals surface area contributed by atoms with Crippen molar-refractivity contribution >= 4 is 5.91 Å². The SMILES string of the molecule is CC(C)n1cc(-c2ccc(C(C#N)CNC(=O)C3(N)CCCCC3)cc2)ccc1=O. The Hall–Kier alpha value is -2.91. The van der Waals surface area contributed by atoms with Crippen LogP contribution in [0.5, 0.6) is 0 Å². The number of rotatable bonds is 6. The molecule has 1 aromatic heterocycles. The van der Waals surface area contributed by atoms with Crippen LogP contribution in [-0.2, 0) is 4.79 Å². The van der Waals surface area contributed by atoms with Gasteiger partial charge < -0.3 is 15.6 Å². The number of nitriles is 1. The van der Waals surface area contributed by atoms with Gasteiger partial charge in [0.15, 0.2) is 0 Å². The summed E-state index contributed by atoms with van der Waals surface area (Å²) in [5.41, 5.74) is 8.20. The second-order valence-corrected chi connectivity index (χ2v) is 8.49. The summed E-state index contributed by atoms with van der Waals surface area (Å²) in [4.78, 5) is 24.5. The van der Waals surface area contributed by atoms with Gasteiger partial charge in [-0.05, 0) is 49.4 Å². The lowest BCUT2D eigenvalue weighted by atomic mass is 9.82. The molecule has 1 aliphatic rings. The Kier molecular flexibility index (Phi) is 6.73. The predicted octanol–water partition coefficient (Wildman–Crippen LogP) is 3.48. The average molecular weight is 407 g/mol. The first-order valence-electron chi connectivity index (χ1n) is 10.6. The lowest BCUT2D eigenvalue weighted by molar-refractivity contribution is -0.127. The van der Waals surface area contributed by atoms with Gasteiger partial charge in [0.1, 0.15) is 0 Å². The fourth-order valence-corrected chi connectivity index (χ4v) is 4.00. The summed E-state index contributed by atoms with van der Waals surface area (Å²) in [5.74, 6) is -0.602. The van der Waals surface area contributed by atoms with Gasteiger partial charge >= 0.3 is 0 Å². The van der Waals surface area contributed by atoms with Crippen molar-refractivity contribution in [3.05, 3.63) is 58.5 Å². The first-order chi connectivity index (χ1) is 14.3. The average Bonchev–Trinajstić information content (AvgIpc) is 2.75. The Morgan fingerprint density at radius 1 is 1.13 bits per heavy atom. The Morgan fingerprint density at radius 3 is 2.37 bits per heavy atom. The van der Waals surface area contributed by atoms with E-state index in [0.717, 1.165) is 36.0 Å². The van der Waals surface area contributed by atoms with E-state index in [-0.39, 0.29) is 24.1 Å². The zero-order chi connectivity index (χ0) is 21.7. The van der Waals surface area contributed by atoms with E-state index in [1.807, 2.05) is 50.4 Å². The normalized spacial score (nSPS) is 16.6. The molecule has 6 heteroatoms. The largest absolute Gasteiger partial charge is 0.353 e. The summed E-state index contributed by atoms with van der Waals surface area (Å²) >= 11 is 0. The van der Waals surface area contributed by atoms with E-state index in [1.54, 1.807) is 10.6 Å². The number of aromatic nitrogens is 1. The highest BCUT2D eigenvalue weighted by Crippen LogP contribution is 2.27. The molecule has 1 amide bonds. The molecule has 30 heavy (non-hydrogen) atoms. The fraction of sp³-hybridized carbons (Fsp3) is 0.458. The van der Waals surface area contributed by atoms with Crippen molar-refractivity contribution in [1.82, 2.24) is 9.88 Å². The van der Waals surface area contributed by atoms with Crippen LogP contribution in [0.25, 0.3) is 11.1 Å². The summed E-state index contributed by atoms with van der Waals surface area (Å²) in [6.07, 6.45) is 6.31. The maximum atomic E-state index is 12.6. The molecule has 1 heterocycles. The van der Waals surface area contributed by atoms with Crippen LogP contribution in [0.4, 0.5) is 0 Å². The second kappa shape index (κ2) is 9.27. The molecule has 158 valence electrons.